The van der Waals surface area contributed by atoms with E-state index in [4.69, 9.17) is 32.8 Å². The summed E-state index contributed by atoms with van der Waals surface area (Å²) in [5, 5.41) is 12.2. The number of methoxy groups -OCH3 is 1. The summed E-state index contributed by atoms with van der Waals surface area (Å²) in [4.78, 5) is 17.9. The smallest absolute Gasteiger partial charge is 0.269 e. The van der Waals surface area contributed by atoms with Crippen molar-refractivity contribution in [2.75, 3.05) is 12.4 Å². The number of nitrogens with one attached hydrogen (secondary N) is 1. The van der Waals surface area contributed by atoms with E-state index in [2.05, 4.69) is 15.6 Å². The summed E-state index contributed by atoms with van der Waals surface area (Å²) in [5.41, 5.74) is 2.54. The molecule has 3 aromatic rings. The molecule has 0 radical (unpaired) electrons. The molecule has 1 aromatic heterocycles. The molecule has 9 heteroatoms. The molecule has 2 heterocycles. The Morgan fingerprint density at radius 3 is 2.73 bits per heavy atom. The number of aromatic nitrogens is 2. The molecule has 4 rings (SSSR count). The van der Waals surface area contributed by atoms with Crippen LogP contribution in [0.15, 0.2) is 59.9 Å². The second-order valence-corrected chi connectivity index (χ2v) is 7.52. The van der Waals surface area contributed by atoms with E-state index >= 15 is 0 Å². The lowest BCUT2D eigenvalue weighted by atomic mass is 10.0. The quantitative estimate of drug-likeness (QED) is 0.611. The van der Waals surface area contributed by atoms with Gasteiger partial charge in [-0.05, 0) is 47.5 Å². The Morgan fingerprint density at radius 2 is 2.00 bits per heavy atom. The van der Waals surface area contributed by atoms with Crippen LogP contribution in [0.1, 0.15) is 17.5 Å². The fourth-order valence-corrected chi connectivity index (χ4v) is 3.34. The summed E-state index contributed by atoms with van der Waals surface area (Å²) in [6, 6.07) is 14.6. The van der Waals surface area contributed by atoms with Gasteiger partial charge in [0.05, 0.1) is 29.4 Å². The Bertz CT molecular complexity index is 1100. The van der Waals surface area contributed by atoms with Gasteiger partial charge in [-0.2, -0.15) is 5.10 Å². The number of carbonyl (C=O) groups is 1. The Labute approximate surface area is 183 Å². The largest absolute Gasteiger partial charge is 0.497 e. The number of amides is 1. The van der Waals surface area contributed by atoms with Crippen LogP contribution in [-0.4, -0.2) is 34.6 Å². The zero-order chi connectivity index (χ0) is 21.1. The number of rotatable bonds is 6. The SMILES string of the molecule is COc1ccc(C2=NOC(C(=O)Nc3ccn(Cc4ccc(Cl)c(Cl)c4)n3)C2)cc1. The zero-order valence-corrected chi connectivity index (χ0v) is 17.5. The van der Waals surface area contributed by atoms with Crippen molar-refractivity contribution in [3.63, 3.8) is 0 Å². The lowest BCUT2D eigenvalue weighted by Gasteiger charge is -2.08. The maximum absolute atomic E-state index is 12.5. The van der Waals surface area contributed by atoms with Crippen LogP contribution in [0.2, 0.25) is 10.0 Å². The molecule has 2 aromatic carbocycles. The molecule has 0 fully saturated rings. The molecular weight excluding hydrogens is 427 g/mol. The molecule has 1 aliphatic rings. The Morgan fingerprint density at radius 1 is 1.20 bits per heavy atom. The van der Waals surface area contributed by atoms with E-state index in [1.807, 2.05) is 30.3 Å². The second-order valence-electron chi connectivity index (χ2n) is 6.70. The minimum absolute atomic E-state index is 0.304. The van der Waals surface area contributed by atoms with E-state index in [9.17, 15) is 4.79 Å². The van der Waals surface area contributed by atoms with Crippen LogP contribution in [0.5, 0.6) is 5.75 Å². The highest BCUT2D eigenvalue weighted by molar-refractivity contribution is 6.42. The Hall–Kier alpha value is -3.03. The Balaban J connectivity index is 1.34. The third-order valence-corrected chi connectivity index (χ3v) is 5.34. The monoisotopic (exact) mass is 444 g/mol. The van der Waals surface area contributed by atoms with E-state index in [0.29, 0.717) is 34.5 Å². The van der Waals surface area contributed by atoms with Gasteiger partial charge in [0.15, 0.2) is 5.82 Å². The van der Waals surface area contributed by atoms with Gasteiger partial charge in [0.25, 0.3) is 5.91 Å². The third kappa shape index (κ3) is 4.58. The van der Waals surface area contributed by atoms with Gasteiger partial charge in [0.1, 0.15) is 5.75 Å². The van der Waals surface area contributed by atoms with Crippen molar-refractivity contribution < 1.29 is 14.4 Å². The van der Waals surface area contributed by atoms with Crippen LogP contribution >= 0.6 is 23.2 Å². The van der Waals surface area contributed by atoms with Crippen molar-refractivity contribution in [3.05, 3.63) is 75.9 Å². The molecule has 1 N–H and O–H groups in total. The molecule has 0 aliphatic carbocycles. The summed E-state index contributed by atoms with van der Waals surface area (Å²) in [6.07, 6.45) is 1.44. The van der Waals surface area contributed by atoms with Gasteiger partial charge in [-0.1, -0.05) is 34.4 Å². The first kappa shape index (κ1) is 20.3. The highest BCUT2D eigenvalue weighted by Crippen LogP contribution is 2.23. The van der Waals surface area contributed by atoms with Crippen LogP contribution < -0.4 is 10.1 Å². The molecule has 154 valence electrons. The molecule has 1 atom stereocenters. The molecular formula is C21H18Cl2N4O3. The molecule has 0 saturated carbocycles. The second kappa shape index (κ2) is 8.77. The van der Waals surface area contributed by atoms with Gasteiger partial charge in [0.2, 0.25) is 6.10 Å². The van der Waals surface area contributed by atoms with Crippen LogP contribution in [0.25, 0.3) is 0 Å². The number of hydrogen-bond acceptors (Lipinski definition) is 5. The van der Waals surface area contributed by atoms with Gasteiger partial charge in [-0.3, -0.25) is 9.48 Å². The van der Waals surface area contributed by atoms with Crippen molar-refractivity contribution in [2.45, 2.75) is 19.1 Å². The molecule has 7 nitrogen and oxygen atoms in total. The average molecular weight is 445 g/mol. The van der Waals surface area contributed by atoms with E-state index < -0.39 is 6.10 Å². The fourth-order valence-electron chi connectivity index (χ4n) is 3.02. The van der Waals surface area contributed by atoms with E-state index in [1.165, 1.54) is 0 Å². The third-order valence-electron chi connectivity index (χ3n) is 4.61. The first-order chi connectivity index (χ1) is 14.5. The van der Waals surface area contributed by atoms with Crippen LogP contribution in [0, 0.1) is 0 Å². The standard InChI is InChI=1S/C21H18Cl2N4O3/c1-29-15-5-3-14(4-6-15)18-11-19(30-26-18)21(28)24-20-8-9-27(25-20)12-13-2-7-16(22)17(23)10-13/h2-10,19H,11-12H2,1H3,(H,24,25,28). The molecule has 0 bridgehead atoms. The highest BCUT2D eigenvalue weighted by Gasteiger charge is 2.29. The first-order valence-electron chi connectivity index (χ1n) is 9.17. The minimum Gasteiger partial charge on any atom is -0.497 e. The number of ether oxygens (including phenoxy) is 1. The van der Waals surface area contributed by atoms with Crippen molar-refractivity contribution in [2.24, 2.45) is 5.16 Å². The van der Waals surface area contributed by atoms with Crippen molar-refractivity contribution >= 4 is 40.6 Å². The minimum atomic E-state index is -0.706. The number of hydrogen-bond donors (Lipinski definition) is 1. The first-order valence-corrected chi connectivity index (χ1v) is 9.93. The average Bonchev–Trinajstić information content (AvgIpc) is 3.41. The summed E-state index contributed by atoms with van der Waals surface area (Å²) in [5.74, 6) is 0.882. The lowest BCUT2D eigenvalue weighted by Crippen LogP contribution is -2.28. The molecule has 1 unspecified atom stereocenters. The maximum atomic E-state index is 12.5. The van der Waals surface area contributed by atoms with Crippen molar-refractivity contribution in [1.29, 1.82) is 0 Å². The summed E-state index contributed by atoms with van der Waals surface area (Å²) in [7, 11) is 1.61. The number of carbonyl (C=O) groups excluding carboxylic acids is 1. The summed E-state index contributed by atoms with van der Waals surface area (Å²) < 4.78 is 6.85. The van der Waals surface area contributed by atoms with Gasteiger partial charge in [-0.15, -0.1) is 0 Å². The molecule has 1 amide bonds. The van der Waals surface area contributed by atoms with E-state index in [0.717, 1.165) is 16.9 Å². The molecule has 30 heavy (non-hydrogen) atoms. The van der Waals surface area contributed by atoms with Crippen molar-refractivity contribution in [1.82, 2.24) is 9.78 Å². The Kier molecular flexibility index (Phi) is 5.92. The number of nitrogens with zero attached hydrogens (tertiary/aromatic N) is 3. The number of anilines is 1. The normalized spacial score (nSPS) is 15.4. The van der Waals surface area contributed by atoms with E-state index in [1.54, 1.807) is 36.2 Å². The van der Waals surface area contributed by atoms with Gasteiger partial charge in [-0.25, -0.2) is 0 Å². The molecule has 1 aliphatic heterocycles. The predicted molar refractivity (Wildman–Crippen MR) is 115 cm³/mol. The van der Waals surface area contributed by atoms with Gasteiger partial charge >= 0.3 is 0 Å². The zero-order valence-electron chi connectivity index (χ0n) is 16.0. The topological polar surface area (TPSA) is 77.7 Å². The summed E-state index contributed by atoms with van der Waals surface area (Å²) in [6.45, 7) is 0.497. The highest BCUT2D eigenvalue weighted by atomic mass is 35.5. The van der Waals surface area contributed by atoms with Crippen LogP contribution in [0.4, 0.5) is 5.82 Å². The van der Waals surface area contributed by atoms with Crippen molar-refractivity contribution in [3.8, 4) is 5.75 Å². The number of benzene rings is 2. The van der Waals surface area contributed by atoms with Gasteiger partial charge < -0.3 is 14.9 Å². The molecule has 0 spiro atoms. The fraction of sp³-hybridized carbons (Fsp3) is 0.190. The maximum Gasteiger partial charge on any atom is 0.269 e. The van der Waals surface area contributed by atoms with Crippen LogP contribution in [-0.2, 0) is 16.2 Å². The molecule has 0 saturated heterocycles. The summed E-state index contributed by atoms with van der Waals surface area (Å²) >= 11 is 12.0. The number of oxime groups is 1. The predicted octanol–water partition coefficient (Wildman–Crippen LogP) is 4.38. The van der Waals surface area contributed by atoms with Gasteiger partial charge in [0, 0.05) is 18.7 Å². The van der Waals surface area contributed by atoms with E-state index in [-0.39, 0.29) is 5.91 Å². The lowest BCUT2D eigenvalue weighted by molar-refractivity contribution is -0.125. The van der Waals surface area contributed by atoms with Crippen LogP contribution in [0.3, 0.4) is 0 Å². The number of halogens is 2.